The van der Waals surface area contributed by atoms with Crippen LogP contribution in [0.3, 0.4) is 0 Å². The Morgan fingerprint density at radius 1 is 0.868 bits per heavy atom. The van der Waals surface area contributed by atoms with Gasteiger partial charge in [0.05, 0.1) is 17.1 Å². The normalized spacial score (nSPS) is 14.7. The summed E-state index contributed by atoms with van der Waals surface area (Å²) < 4.78 is 32.5. The first-order chi connectivity index (χ1) is 18.4. The largest absolute Gasteiger partial charge is 0.462 e. The number of carbonyl (C=O) groups is 2. The third-order valence-electron chi connectivity index (χ3n) is 6.42. The molecular weight excluding hydrogens is 502 g/mol. The molecule has 1 fully saturated rings. The molecule has 200 valence electrons. The number of rotatable bonds is 10. The maximum Gasteiger partial charge on any atom is 0.338 e. The Bertz CT molecular complexity index is 1340. The molecule has 3 aromatic rings. The number of hydrogen-bond donors (Lipinski definition) is 1. The summed E-state index contributed by atoms with van der Waals surface area (Å²) in [4.78, 5) is 27.4. The number of esters is 1. The summed E-state index contributed by atoms with van der Waals surface area (Å²) in [5.41, 5.74) is 2.53. The molecule has 9 heteroatoms. The average molecular weight is 536 g/mol. The Morgan fingerprint density at radius 2 is 1.58 bits per heavy atom. The lowest BCUT2D eigenvalue weighted by Crippen LogP contribution is -2.48. The molecular formula is C29H33N3O5S. The van der Waals surface area contributed by atoms with Gasteiger partial charge in [0.15, 0.2) is 0 Å². The zero-order valence-corrected chi connectivity index (χ0v) is 22.3. The van der Waals surface area contributed by atoms with Crippen molar-refractivity contribution in [3.63, 3.8) is 0 Å². The SMILES string of the molecule is CCCCOC(=O)c1ccc(NC(=O)c2cccc(CN3CCN(S(=O)(=O)c4ccccc4)CC3)c2)cc1. The summed E-state index contributed by atoms with van der Waals surface area (Å²) in [7, 11) is -3.49. The fourth-order valence-corrected chi connectivity index (χ4v) is 5.67. The second-order valence-electron chi connectivity index (χ2n) is 9.21. The molecule has 0 bridgehead atoms. The van der Waals surface area contributed by atoms with E-state index in [0.29, 0.717) is 61.0 Å². The van der Waals surface area contributed by atoms with E-state index >= 15 is 0 Å². The van der Waals surface area contributed by atoms with Gasteiger partial charge in [-0.15, -0.1) is 0 Å². The monoisotopic (exact) mass is 535 g/mol. The van der Waals surface area contributed by atoms with E-state index in [2.05, 4.69) is 10.2 Å². The van der Waals surface area contributed by atoms with Crippen molar-refractivity contribution in [1.82, 2.24) is 9.21 Å². The Balaban J connectivity index is 1.30. The van der Waals surface area contributed by atoms with Gasteiger partial charge >= 0.3 is 5.97 Å². The highest BCUT2D eigenvalue weighted by atomic mass is 32.2. The first kappa shape index (κ1) is 27.5. The van der Waals surface area contributed by atoms with Crippen LogP contribution in [-0.2, 0) is 21.3 Å². The minimum atomic E-state index is -3.49. The zero-order valence-electron chi connectivity index (χ0n) is 21.5. The number of ether oxygens (including phenoxy) is 1. The predicted molar refractivity (Wildman–Crippen MR) is 147 cm³/mol. The number of nitrogens with one attached hydrogen (secondary N) is 1. The summed E-state index contributed by atoms with van der Waals surface area (Å²) in [5.74, 6) is -0.619. The second kappa shape index (κ2) is 12.8. The maximum absolute atomic E-state index is 12.9. The molecule has 0 aliphatic carbocycles. The highest BCUT2D eigenvalue weighted by molar-refractivity contribution is 7.89. The molecule has 0 radical (unpaired) electrons. The fraction of sp³-hybridized carbons (Fsp3) is 0.310. The van der Waals surface area contributed by atoms with Gasteiger partial charge in [0.25, 0.3) is 5.91 Å². The fourth-order valence-electron chi connectivity index (χ4n) is 4.22. The first-order valence-corrected chi connectivity index (χ1v) is 14.3. The van der Waals surface area contributed by atoms with Gasteiger partial charge in [-0.2, -0.15) is 4.31 Å². The number of hydrogen-bond acceptors (Lipinski definition) is 6. The lowest BCUT2D eigenvalue weighted by Gasteiger charge is -2.34. The van der Waals surface area contributed by atoms with Crippen molar-refractivity contribution in [1.29, 1.82) is 0 Å². The number of unbranched alkanes of at least 4 members (excludes halogenated alkanes) is 1. The van der Waals surface area contributed by atoms with Crippen LogP contribution in [-0.4, -0.2) is 62.3 Å². The number of amides is 1. The predicted octanol–water partition coefficient (Wildman–Crippen LogP) is 4.40. The highest BCUT2D eigenvalue weighted by Crippen LogP contribution is 2.19. The number of anilines is 1. The number of carbonyl (C=O) groups excluding carboxylic acids is 2. The quantitative estimate of drug-likeness (QED) is 0.305. The summed E-state index contributed by atoms with van der Waals surface area (Å²) >= 11 is 0. The summed E-state index contributed by atoms with van der Waals surface area (Å²) in [5, 5.41) is 2.87. The number of benzene rings is 3. The lowest BCUT2D eigenvalue weighted by atomic mass is 10.1. The molecule has 1 saturated heterocycles. The van der Waals surface area contributed by atoms with E-state index in [9.17, 15) is 18.0 Å². The third-order valence-corrected chi connectivity index (χ3v) is 8.33. The van der Waals surface area contributed by atoms with E-state index < -0.39 is 10.0 Å². The summed E-state index contributed by atoms with van der Waals surface area (Å²) in [6, 6.07) is 22.5. The van der Waals surface area contributed by atoms with Gasteiger partial charge in [-0.3, -0.25) is 9.69 Å². The summed E-state index contributed by atoms with van der Waals surface area (Å²) in [6.45, 7) is 5.09. The van der Waals surface area contributed by atoms with Crippen LogP contribution in [0.5, 0.6) is 0 Å². The summed E-state index contributed by atoms with van der Waals surface area (Å²) in [6.07, 6.45) is 1.78. The Hall–Kier alpha value is -3.53. The van der Waals surface area contributed by atoms with Crippen LogP contribution in [0.25, 0.3) is 0 Å². The van der Waals surface area contributed by atoms with Crippen LogP contribution in [0.2, 0.25) is 0 Å². The topological polar surface area (TPSA) is 96.0 Å². The van der Waals surface area contributed by atoms with Gasteiger partial charge in [-0.1, -0.05) is 43.7 Å². The maximum atomic E-state index is 12.9. The molecule has 1 aliphatic rings. The molecule has 0 aromatic heterocycles. The molecule has 1 N–H and O–H groups in total. The Kier molecular flexibility index (Phi) is 9.28. The van der Waals surface area contributed by atoms with Crippen LogP contribution < -0.4 is 5.32 Å². The van der Waals surface area contributed by atoms with E-state index in [-0.39, 0.29) is 11.9 Å². The molecule has 1 heterocycles. The van der Waals surface area contributed by atoms with Gasteiger partial charge < -0.3 is 10.1 Å². The van der Waals surface area contributed by atoms with Gasteiger partial charge in [0.2, 0.25) is 10.0 Å². The minimum Gasteiger partial charge on any atom is -0.462 e. The molecule has 1 aliphatic heterocycles. The van der Waals surface area contributed by atoms with Crippen molar-refractivity contribution in [3.05, 3.63) is 95.6 Å². The van der Waals surface area contributed by atoms with E-state index in [1.807, 2.05) is 25.1 Å². The lowest BCUT2D eigenvalue weighted by molar-refractivity contribution is 0.0499. The number of nitrogens with zero attached hydrogens (tertiary/aromatic N) is 2. The van der Waals surface area contributed by atoms with Gasteiger partial charge in [0.1, 0.15) is 0 Å². The van der Waals surface area contributed by atoms with E-state index in [1.165, 1.54) is 4.31 Å². The number of sulfonamides is 1. The van der Waals surface area contributed by atoms with Crippen molar-refractivity contribution in [2.24, 2.45) is 0 Å². The van der Waals surface area contributed by atoms with E-state index in [4.69, 9.17) is 4.74 Å². The van der Waals surface area contributed by atoms with Crippen molar-refractivity contribution in [2.45, 2.75) is 31.2 Å². The Morgan fingerprint density at radius 3 is 2.26 bits per heavy atom. The molecule has 38 heavy (non-hydrogen) atoms. The van der Waals surface area contributed by atoms with Crippen LogP contribution in [0, 0.1) is 0 Å². The van der Waals surface area contributed by atoms with Crippen LogP contribution in [0.4, 0.5) is 5.69 Å². The number of piperazine rings is 1. The average Bonchev–Trinajstić information content (AvgIpc) is 2.94. The van der Waals surface area contributed by atoms with Gasteiger partial charge in [-0.25, -0.2) is 13.2 Å². The highest BCUT2D eigenvalue weighted by Gasteiger charge is 2.28. The van der Waals surface area contributed by atoms with Crippen molar-refractivity contribution in [3.8, 4) is 0 Å². The van der Waals surface area contributed by atoms with Crippen LogP contribution >= 0.6 is 0 Å². The third kappa shape index (κ3) is 7.06. The minimum absolute atomic E-state index is 0.246. The second-order valence-corrected chi connectivity index (χ2v) is 11.2. The molecule has 8 nitrogen and oxygen atoms in total. The zero-order chi connectivity index (χ0) is 27.0. The Labute approximate surface area is 224 Å². The van der Waals surface area contributed by atoms with Crippen molar-refractivity contribution >= 4 is 27.6 Å². The molecule has 0 saturated carbocycles. The smallest absolute Gasteiger partial charge is 0.338 e. The molecule has 1 amide bonds. The van der Waals surface area contributed by atoms with Gasteiger partial charge in [-0.05, 0) is 60.5 Å². The van der Waals surface area contributed by atoms with E-state index in [1.54, 1.807) is 60.7 Å². The molecule has 0 spiro atoms. The molecule has 3 aromatic carbocycles. The van der Waals surface area contributed by atoms with Crippen molar-refractivity contribution < 1.29 is 22.7 Å². The molecule has 4 rings (SSSR count). The van der Waals surface area contributed by atoms with Crippen LogP contribution in [0.15, 0.2) is 83.8 Å². The molecule has 0 atom stereocenters. The molecule has 0 unspecified atom stereocenters. The first-order valence-electron chi connectivity index (χ1n) is 12.8. The van der Waals surface area contributed by atoms with E-state index in [0.717, 1.165) is 18.4 Å². The van der Waals surface area contributed by atoms with Crippen molar-refractivity contribution in [2.75, 3.05) is 38.1 Å². The van der Waals surface area contributed by atoms with Crippen LogP contribution in [0.1, 0.15) is 46.0 Å². The standard InChI is InChI=1S/C29H33N3O5S/c1-2-3-20-37-29(34)24-12-14-26(15-13-24)30-28(33)25-9-7-8-23(21-25)22-31-16-18-32(19-17-31)38(35,36)27-10-5-4-6-11-27/h4-15,21H,2-3,16-20,22H2,1H3,(H,30,33). The van der Waals surface area contributed by atoms with Gasteiger partial charge in [0, 0.05) is 44.0 Å².